The van der Waals surface area contributed by atoms with Gasteiger partial charge in [-0.2, -0.15) is 4.98 Å². The van der Waals surface area contributed by atoms with Crippen LogP contribution in [0.15, 0.2) is 28.8 Å². The summed E-state index contributed by atoms with van der Waals surface area (Å²) in [7, 11) is 0. The Morgan fingerprint density at radius 1 is 1.39 bits per heavy atom. The van der Waals surface area contributed by atoms with Crippen molar-refractivity contribution in [3.63, 3.8) is 0 Å². The fraction of sp³-hybridized carbons (Fsp3) is 0.385. The summed E-state index contributed by atoms with van der Waals surface area (Å²) >= 11 is 0. The molecule has 94 valence electrons. The highest BCUT2D eigenvalue weighted by atomic mass is 19.1. The number of nitrogens with one attached hydrogen (secondary N) is 1. The molecular weight excluding hydrogens is 233 g/mol. The Kier molecular flexibility index (Phi) is 3.06. The fourth-order valence-electron chi connectivity index (χ4n) is 2.19. The average molecular weight is 247 g/mol. The molecule has 0 aliphatic carbocycles. The summed E-state index contributed by atoms with van der Waals surface area (Å²) in [6, 6.07) is 6.64. The summed E-state index contributed by atoms with van der Waals surface area (Å²) in [5, 5.41) is 7.23. The van der Waals surface area contributed by atoms with Gasteiger partial charge in [0.05, 0.1) is 6.42 Å². The molecule has 0 bridgehead atoms. The summed E-state index contributed by atoms with van der Waals surface area (Å²) in [4.78, 5) is 4.34. The molecule has 18 heavy (non-hydrogen) atoms. The second-order valence-corrected chi connectivity index (χ2v) is 4.50. The molecule has 1 aromatic heterocycles. The van der Waals surface area contributed by atoms with Gasteiger partial charge in [0.25, 0.3) is 0 Å². The van der Waals surface area contributed by atoms with Crippen LogP contribution in [0.2, 0.25) is 0 Å². The summed E-state index contributed by atoms with van der Waals surface area (Å²) < 4.78 is 18.7. The predicted molar refractivity (Wildman–Crippen MR) is 63.7 cm³/mol. The van der Waals surface area contributed by atoms with Crippen molar-refractivity contribution in [3.05, 3.63) is 47.4 Å². The molecule has 0 saturated carbocycles. The molecule has 1 atom stereocenters. The number of halogens is 1. The van der Waals surface area contributed by atoms with E-state index in [2.05, 4.69) is 15.5 Å². The van der Waals surface area contributed by atoms with E-state index in [1.165, 1.54) is 6.07 Å². The number of nitrogens with zero attached hydrogens (tertiary/aromatic N) is 2. The van der Waals surface area contributed by atoms with Crippen LogP contribution < -0.4 is 5.32 Å². The lowest BCUT2D eigenvalue weighted by Gasteiger charge is -1.99. The molecule has 1 aromatic carbocycles. The van der Waals surface area contributed by atoms with Gasteiger partial charge >= 0.3 is 0 Å². The van der Waals surface area contributed by atoms with E-state index in [-0.39, 0.29) is 5.82 Å². The molecule has 1 fully saturated rings. The number of hydrogen-bond acceptors (Lipinski definition) is 4. The number of rotatable bonds is 3. The maximum absolute atomic E-state index is 13.5. The van der Waals surface area contributed by atoms with Crippen molar-refractivity contribution < 1.29 is 8.91 Å². The summed E-state index contributed by atoms with van der Waals surface area (Å²) in [6.07, 6.45) is 1.37. The van der Waals surface area contributed by atoms with Crippen LogP contribution in [-0.4, -0.2) is 23.2 Å². The van der Waals surface area contributed by atoms with E-state index < -0.39 is 0 Å². The van der Waals surface area contributed by atoms with Crippen molar-refractivity contribution in [1.82, 2.24) is 15.5 Å². The van der Waals surface area contributed by atoms with Crippen LogP contribution in [0.5, 0.6) is 0 Å². The Morgan fingerprint density at radius 3 is 3.06 bits per heavy atom. The van der Waals surface area contributed by atoms with Crippen LogP contribution in [0.4, 0.5) is 4.39 Å². The van der Waals surface area contributed by atoms with Gasteiger partial charge in [0.15, 0.2) is 5.82 Å². The first-order valence-corrected chi connectivity index (χ1v) is 6.09. The molecule has 3 rings (SSSR count). The van der Waals surface area contributed by atoms with E-state index >= 15 is 0 Å². The average Bonchev–Trinajstić information content (AvgIpc) is 3.02. The molecule has 1 aliphatic rings. The highest BCUT2D eigenvalue weighted by Gasteiger charge is 2.22. The van der Waals surface area contributed by atoms with Gasteiger partial charge < -0.3 is 9.84 Å². The lowest BCUT2D eigenvalue weighted by molar-refractivity contribution is 0.375. The van der Waals surface area contributed by atoms with Gasteiger partial charge in [0, 0.05) is 12.5 Å². The molecule has 1 saturated heterocycles. The Labute approximate surface area is 104 Å². The van der Waals surface area contributed by atoms with Crippen LogP contribution in [0.3, 0.4) is 0 Å². The minimum atomic E-state index is -0.236. The van der Waals surface area contributed by atoms with Crippen molar-refractivity contribution in [2.75, 3.05) is 13.1 Å². The standard InChI is InChI=1S/C13H14FN3O/c14-11-4-2-1-3-9(11)7-12-16-13(17-18-12)10-5-6-15-8-10/h1-4,10,15H,5-8H2. The van der Waals surface area contributed by atoms with Crippen LogP contribution in [0.25, 0.3) is 0 Å². The van der Waals surface area contributed by atoms with Gasteiger partial charge in [0.1, 0.15) is 5.82 Å². The summed E-state index contributed by atoms with van der Waals surface area (Å²) in [5.74, 6) is 1.29. The number of hydrogen-bond donors (Lipinski definition) is 1. The third kappa shape index (κ3) is 2.26. The molecule has 1 N–H and O–H groups in total. The van der Waals surface area contributed by atoms with Crippen molar-refractivity contribution >= 4 is 0 Å². The Bertz CT molecular complexity index is 535. The maximum atomic E-state index is 13.5. The zero-order chi connectivity index (χ0) is 12.4. The normalized spacial score (nSPS) is 19.3. The van der Waals surface area contributed by atoms with E-state index in [1.54, 1.807) is 18.2 Å². The first-order valence-electron chi connectivity index (χ1n) is 6.09. The van der Waals surface area contributed by atoms with E-state index in [0.717, 1.165) is 25.3 Å². The van der Waals surface area contributed by atoms with Crippen LogP contribution >= 0.6 is 0 Å². The molecule has 2 aromatic rings. The van der Waals surface area contributed by atoms with Crippen LogP contribution in [0.1, 0.15) is 29.6 Å². The molecule has 0 radical (unpaired) electrons. The van der Waals surface area contributed by atoms with Gasteiger partial charge in [-0.05, 0) is 24.6 Å². The predicted octanol–water partition coefficient (Wildman–Crippen LogP) is 1.88. The van der Waals surface area contributed by atoms with E-state index in [0.29, 0.717) is 23.8 Å². The van der Waals surface area contributed by atoms with Crippen LogP contribution in [0, 0.1) is 5.82 Å². The van der Waals surface area contributed by atoms with Crippen molar-refractivity contribution in [3.8, 4) is 0 Å². The maximum Gasteiger partial charge on any atom is 0.231 e. The second-order valence-electron chi connectivity index (χ2n) is 4.50. The van der Waals surface area contributed by atoms with Crippen molar-refractivity contribution in [2.24, 2.45) is 0 Å². The molecule has 0 spiro atoms. The highest BCUT2D eigenvalue weighted by Crippen LogP contribution is 2.20. The highest BCUT2D eigenvalue weighted by molar-refractivity contribution is 5.20. The van der Waals surface area contributed by atoms with Gasteiger partial charge in [-0.1, -0.05) is 23.4 Å². The molecule has 1 unspecified atom stereocenters. The molecule has 0 amide bonds. The Morgan fingerprint density at radius 2 is 2.28 bits per heavy atom. The number of aromatic nitrogens is 2. The molecule has 4 nitrogen and oxygen atoms in total. The van der Waals surface area contributed by atoms with Gasteiger partial charge in [-0.15, -0.1) is 0 Å². The molecular formula is C13H14FN3O. The topological polar surface area (TPSA) is 51.0 Å². The summed E-state index contributed by atoms with van der Waals surface area (Å²) in [6.45, 7) is 1.88. The van der Waals surface area contributed by atoms with Crippen LogP contribution in [-0.2, 0) is 6.42 Å². The van der Waals surface area contributed by atoms with Gasteiger partial charge in [0.2, 0.25) is 5.89 Å². The monoisotopic (exact) mass is 247 g/mol. The smallest absolute Gasteiger partial charge is 0.231 e. The summed E-state index contributed by atoms with van der Waals surface area (Å²) in [5.41, 5.74) is 0.581. The zero-order valence-corrected chi connectivity index (χ0v) is 9.90. The SMILES string of the molecule is Fc1ccccc1Cc1nc(C2CCNC2)no1. The first-order chi connectivity index (χ1) is 8.83. The van der Waals surface area contributed by atoms with Crippen molar-refractivity contribution in [2.45, 2.75) is 18.8 Å². The minimum Gasteiger partial charge on any atom is -0.339 e. The Balaban J connectivity index is 1.75. The van der Waals surface area contributed by atoms with E-state index in [1.807, 2.05) is 0 Å². The quantitative estimate of drug-likeness (QED) is 0.899. The minimum absolute atomic E-state index is 0.236. The molecule has 5 heteroatoms. The third-order valence-corrected chi connectivity index (χ3v) is 3.21. The fourth-order valence-corrected chi connectivity index (χ4v) is 2.19. The van der Waals surface area contributed by atoms with Crippen molar-refractivity contribution in [1.29, 1.82) is 0 Å². The lowest BCUT2D eigenvalue weighted by atomic mass is 10.1. The Hall–Kier alpha value is -1.75. The first kappa shape index (κ1) is 11.3. The third-order valence-electron chi connectivity index (χ3n) is 3.21. The van der Waals surface area contributed by atoms with E-state index in [9.17, 15) is 4.39 Å². The largest absolute Gasteiger partial charge is 0.339 e. The van der Waals surface area contributed by atoms with Gasteiger partial charge in [-0.3, -0.25) is 0 Å². The number of benzene rings is 1. The van der Waals surface area contributed by atoms with E-state index in [4.69, 9.17) is 4.52 Å². The second kappa shape index (κ2) is 4.86. The van der Waals surface area contributed by atoms with Gasteiger partial charge in [-0.25, -0.2) is 4.39 Å². The molecule has 1 aliphatic heterocycles. The zero-order valence-electron chi connectivity index (χ0n) is 9.90. The lowest BCUT2D eigenvalue weighted by Crippen LogP contribution is -2.08. The molecule has 2 heterocycles.